The fourth-order valence-electron chi connectivity index (χ4n) is 1.70. The van der Waals surface area contributed by atoms with Crippen LogP contribution in [0.4, 0.5) is 0 Å². The first-order valence-corrected chi connectivity index (χ1v) is 5.49. The second-order valence-corrected chi connectivity index (χ2v) is 4.35. The van der Waals surface area contributed by atoms with Crippen molar-refractivity contribution in [2.45, 2.75) is 19.4 Å². The Morgan fingerprint density at radius 1 is 1.62 bits per heavy atom. The minimum atomic E-state index is 0.876. The number of fused-ring (bicyclic) bond motifs is 1. The second-order valence-electron chi connectivity index (χ2n) is 3.35. The van der Waals surface area contributed by atoms with Gasteiger partial charge in [-0.15, -0.1) is 23.7 Å². The van der Waals surface area contributed by atoms with Crippen LogP contribution in [-0.4, -0.2) is 18.0 Å². The summed E-state index contributed by atoms with van der Waals surface area (Å²) in [6.07, 6.45) is 7.32. The Morgan fingerprint density at radius 2 is 2.54 bits per heavy atom. The van der Waals surface area contributed by atoms with Gasteiger partial charge in [-0.05, 0) is 23.4 Å². The maximum Gasteiger partial charge on any atom is 0.0331 e. The van der Waals surface area contributed by atoms with E-state index in [9.17, 15) is 0 Å². The van der Waals surface area contributed by atoms with Crippen LogP contribution in [0.5, 0.6) is 0 Å². The van der Waals surface area contributed by atoms with Crippen LogP contribution in [0.25, 0.3) is 0 Å². The zero-order valence-electron chi connectivity index (χ0n) is 7.62. The average molecular weight is 191 g/mol. The van der Waals surface area contributed by atoms with Gasteiger partial charge in [-0.25, -0.2) is 0 Å². The lowest BCUT2D eigenvalue weighted by Gasteiger charge is -2.25. The van der Waals surface area contributed by atoms with E-state index in [-0.39, 0.29) is 0 Å². The molecule has 0 bridgehead atoms. The minimum absolute atomic E-state index is 0.876. The van der Waals surface area contributed by atoms with Crippen molar-refractivity contribution in [3.63, 3.8) is 0 Å². The number of rotatable bonds is 2. The van der Waals surface area contributed by atoms with E-state index in [1.54, 1.807) is 5.56 Å². The quantitative estimate of drug-likeness (QED) is 0.647. The molecule has 0 aromatic carbocycles. The third kappa shape index (κ3) is 1.93. The lowest BCUT2D eigenvalue weighted by Crippen LogP contribution is -2.30. The summed E-state index contributed by atoms with van der Waals surface area (Å²) in [5.41, 5.74) is 1.54. The summed E-state index contributed by atoms with van der Waals surface area (Å²) in [4.78, 5) is 3.97. The molecule has 13 heavy (non-hydrogen) atoms. The monoisotopic (exact) mass is 191 g/mol. The zero-order chi connectivity index (χ0) is 9.10. The lowest BCUT2D eigenvalue weighted by molar-refractivity contribution is 0.264. The third-order valence-corrected chi connectivity index (χ3v) is 3.42. The Labute approximate surface area is 83.4 Å². The van der Waals surface area contributed by atoms with Crippen LogP contribution in [-0.2, 0) is 13.0 Å². The molecule has 0 amide bonds. The number of hydrogen-bond donors (Lipinski definition) is 0. The van der Waals surface area contributed by atoms with E-state index in [0.29, 0.717) is 0 Å². The first kappa shape index (κ1) is 8.80. The van der Waals surface area contributed by atoms with Gasteiger partial charge in [0.2, 0.25) is 0 Å². The van der Waals surface area contributed by atoms with Gasteiger partial charge in [-0.3, -0.25) is 4.90 Å². The highest BCUT2D eigenvalue weighted by molar-refractivity contribution is 7.10. The van der Waals surface area contributed by atoms with Crippen LogP contribution in [0.15, 0.2) is 11.4 Å². The van der Waals surface area contributed by atoms with Gasteiger partial charge < -0.3 is 0 Å². The molecule has 68 valence electrons. The molecule has 2 heteroatoms. The summed E-state index contributed by atoms with van der Waals surface area (Å²) in [5.74, 6) is 2.69. The molecule has 1 aromatic heterocycles. The zero-order valence-corrected chi connectivity index (χ0v) is 8.44. The second kappa shape index (κ2) is 3.95. The summed E-state index contributed by atoms with van der Waals surface area (Å²) in [6, 6.07) is 2.25. The van der Waals surface area contributed by atoms with Crippen LogP contribution >= 0.6 is 11.3 Å². The van der Waals surface area contributed by atoms with Crippen LogP contribution in [0.1, 0.15) is 16.9 Å². The molecular formula is C11H13NS. The van der Waals surface area contributed by atoms with Crippen molar-refractivity contribution in [3.05, 3.63) is 21.9 Å². The van der Waals surface area contributed by atoms with Gasteiger partial charge in [0.05, 0.1) is 0 Å². The predicted octanol–water partition coefficient (Wildman–Crippen LogP) is 2.13. The molecule has 0 saturated carbocycles. The number of hydrogen-bond acceptors (Lipinski definition) is 2. The van der Waals surface area contributed by atoms with Crippen molar-refractivity contribution in [2.24, 2.45) is 0 Å². The maximum absolute atomic E-state index is 5.25. The van der Waals surface area contributed by atoms with E-state index in [1.165, 1.54) is 17.8 Å². The topological polar surface area (TPSA) is 3.24 Å². The first-order chi connectivity index (χ1) is 6.40. The van der Waals surface area contributed by atoms with Gasteiger partial charge in [-0.1, -0.05) is 0 Å². The van der Waals surface area contributed by atoms with E-state index in [4.69, 9.17) is 6.42 Å². The summed E-state index contributed by atoms with van der Waals surface area (Å²) in [7, 11) is 0. The third-order valence-electron chi connectivity index (χ3n) is 2.47. The molecule has 1 aliphatic heterocycles. The molecule has 1 aliphatic rings. The SMILES string of the molecule is C#CCCN1CCc2ccsc2C1. The highest BCUT2D eigenvalue weighted by atomic mass is 32.1. The lowest BCUT2D eigenvalue weighted by atomic mass is 10.1. The Hall–Kier alpha value is -0.780. The van der Waals surface area contributed by atoms with Gasteiger partial charge in [0.25, 0.3) is 0 Å². The summed E-state index contributed by atoms with van der Waals surface area (Å²) < 4.78 is 0. The Bertz CT molecular complexity index is 321. The molecule has 0 fully saturated rings. The number of thiophene rings is 1. The summed E-state index contributed by atoms with van der Waals surface area (Å²) in [5, 5.41) is 2.19. The van der Waals surface area contributed by atoms with Crippen molar-refractivity contribution in [3.8, 4) is 12.3 Å². The van der Waals surface area contributed by atoms with Crippen LogP contribution < -0.4 is 0 Å². The number of terminal acetylenes is 1. The first-order valence-electron chi connectivity index (χ1n) is 4.61. The molecule has 0 atom stereocenters. The molecule has 0 N–H and O–H groups in total. The molecule has 0 saturated heterocycles. The van der Waals surface area contributed by atoms with Gasteiger partial charge in [-0.2, -0.15) is 0 Å². The fourth-order valence-corrected chi connectivity index (χ4v) is 2.68. The fraction of sp³-hybridized carbons (Fsp3) is 0.455. The summed E-state index contributed by atoms with van der Waals surface area (Å²) in [6.45, 7) is 3.33. The highest BCUT2D eigenvalue weighted by Gasteiger charge is 2.15. The van der Waals surface area contributed by atoms with Gasteiger partial charge in [0, 0.05) is 30.9 Å². The van der Waals surface area contributed by atoms with E-state index < -0.39 is 0 Å². The Morgan fingerprint density at radius 3 is 3.38 bits per heavy atom. The van der Waals surface area contributed by atoms with Gasteiger partial charge in [0.1, 0.15) is 0 Å². The van der Waals surface area contributed by atoms with Crippen molar-refractivity contribution in [1.82, 2.24) is 4.90 Å². The van der Waals surface area contributed by atoms with E-state index >= 15 is 0 Å². The Balaban J connectivity index is 1.97. The number of nitrogens with zero attached hydrogens (tertiary/aromatic N) is 1. The van der Waals surface area contributed by atoms with Crippen LogP contribution in [0.3, 0.4) is 0 Å². The molecule has 1 nitrogen and oxygen atoms in total. The van der Waals surface area contributed by atoms with E-state index in [2.05, 4.69) is 22.3 Å². The van der Waals surface area contributed by atoms with Crippen molar-refractivity contribution in [1.29, 1.82) is 0 Å². The van der Waals surface area contributed by atoms with E-state index in [0.717, 1.165) is 19.5 Å². The van der Waals surface area contributed by atoms with Crippen LogP contribution in [0.2, 0.25) is 0 Å². The molecule has 0 unspecified atom stereocenters. The summed E-state index contributed by atoms with van der Waals surface area (Å²) >= 11 is 1.87. The molecule has 2 rings (SSSR count). The van der Waals surface area contributed by atoms with Gasteiger partial charge in [0.15, 0.2) is 0 Å². The van der Waals surface area contributed by atoms with Crippen molar-refractivity contribution >= 4 is 11.3 Å². The molecule has 0 radical (unpaired) electrons. The molecular weight excluding hydrogens is 178 g/mol. The Kier molecular flexibility index (Phi) is 2.68. The largest absolute Gasteiger partial charge is 0.297 e. The predicted molar refractivity (Wildman–Crippen MR) is 56.8 cm³/mol. The van der Waals surface area contributed by atoms with Crippen molar-refractivity contribution in [2.75, 3.05) is 13.1 Å². The molecule has 0 aliphatic carbocycles. The van der Waals surface area contributed by atoms with Gasteiger partial charge >= 0.3 is 0 Å². The van der Waals surface area contributed by atoms with Crippen LogP contribution in [0, 0.1) is 12.3 Å². The maximum atomic E-state index is 5.25. The highest BCUT2D eigenvalue weighted by Crippen LogP contribution is 2.23. The minimum Gasteiger partial charge on any atom is -0.297 e. The normalized spacial score (nSPS) is 16.5. The van der Waals surface area contributed by atoms with E-state index in [1.807, 2.05) is 11.3 Å². The molecule has 2 heterocycles. The molecule has 0 spiro atoms. The average Bonchev–Trinajstić information content (AvgIpc) is 2.61. The standard InChI is InChI=1S/C11H13NS/c1-2-3-6-12-7-4-10-5-8-13-11(10)9-12/h1,5,8H,3-4,6-7,9H2. The molecule has 1 aromatic rings. The van der Waals surface area contributed by atoms with Crippen molar-refractivity contribution < 1.29 is 0 Å². The smallest absolute Gasteiger partial charge is 0.0331 e.